The summed E-state index contributed by atoms with van der Waals surface area (Å²) in [6.45, 7) is 2.56. The third-order valence-electron chi connectivity index (χ3n) is 3.57. The Balaban J connectivity index is 1.88. The summed E-state index contributed by atoms with van der Waals surface area (Å²) >= 11 is 13.4. The molecule has 130 valence electrons. The van der Waals surface area contributed by atoms with Gasteiger partial charge in [0.2, 0.25) is 0 Å². The molecule has 0 saturated heterocycles. The van der Waals surface area contributed by atoms with Crippen LogP contribution in [0.15, 0.2) is 47.8 Å². The maximum atomic E-state index is 9.53. The Hall–Kier alpha value is -2.32. The predicted octanol–water partition coefficient (Wildman–Crippen LogP) is 6.58. The lowest BCUT2D eigenvalue weighted by atomic mass is 10.1. The molecule has 3 rings (SSSR count). The molecule has 0 atom stereocenters. The first kappa shape index (κ1) is 18.5. The van der Waals surface area contributed by atoms with Crippen molar-refractivity contribution in [2.24, 2.45) is 0 Å². The second-order valence-corrected chi connectivity index (χ2v) is 7.01. The maximum Gasteiger partial charge on any atom is 0.134 e. The molecule has 0 spiro atoms. The number of ether oxygens (including phenoxy) is 1. The lowest BCUT2D eigenvalue weighted by Crippen LogP contribution is -1.90. The number of halogens is 2. The Labute approximate surface area is 166 Å². The quantitative estimate of drug-likeness (QED) is 0.454. The Kier molecular flexibility index (Phi) is 5.95. The summed E-state index contributed by atoms with van der Waals surface area (Å²) in [6.07, 6.45) is 1.81. The molecule has 3 nitrogen and oxygen atoms in total. The van der Waals surface area contributed by atoms with Crippen LogP contribution in [0.1, 0.15) is 17.5 Å². The molecule has 0 N–H and O–H groups in total. The fourth-order valence-corrected chi connectivity index (χ4v) is 3.41. The summed E-state index contributed by atoms with van der Waals surface area (Å²) in [6, 6.07) is 15.2. The predicted molar refractivity (Wildman–Crippen MR) is 109 cm³/mol. The van der Waals surface area contributed by atoms with Crippen LogP contribution in [-0.2, 0) is 0 Å². The van der Waals surface area contributed by atoms with Crippen LogP contribution in [0.3, 0.4) is 0 Å². The van der Waals surface area contributed by atoms with Crippen LogP contribution in [-0.4, -0.2) is 11.6 Å². The van der Waals surface area contributed by atoms with Gasteiger partial charge < -0.3 is 4.74 Å². The molecule has 2 aromatic carbocycles. The lowest BCUT2D eigenvalue weighted by Gasteiger charge is -2.02. The highest BCUT2D eigenvalue weighted by atomic mass is 35.5. The molecule has 0 saturated carbocycles. The minimum atomic E-state index is 0.476. The number of hydrogen-bond acceptors (Lipinski definition) is 4. The van der Waals surface area contributed by atoms with Crippen LogP contribution in [0.25, 0.3) is 22.9 Å². The van der Waals surface area contributed by atoms with Crippen molar-refractivity contribution in [3.05, 3.63) is 68.5 Å². The van der Waals surface area contributed by atoms with Crippen molar-refractivity contribution in [2.75, 3.05) is 6.61 Å². The molecule has 1 heterocycles. The SMILES string of the molecule is CCOc1ccc(/C=C(\C#N)c2nc(-c3ccc(Cl)c(Cl)c3)cs2)cc1. The standard InChI is InChI=1S/C20H14Cl2N2OS/c1-2-25-16-6-3-13(4-7-16)9-15(11-23)20-24-19(12-26-20)14-5-8-17(21)18(22)10-14/h3-10,12H,2H2,1H3/b15-9+. The van der Waals surface area contributed by atoms with E-state index in [1.54, 1.807) is 12.1 Å². The van der Waals surface area contributed by atoms with Gasteiger partial charge in [0.25, 0.3) is 0 Å². The topological polar surface area (TPSA) is 45.9 Å². The molecule has 0 unspecified atom stereocenters. The molecule has 0 aliphatic carbocycles. The highest BCUT2D eigenvalue weighted by Gasteiger charge is 2.10. The van der Waals surface area contributed by atoms with Crippen molar-refractivity contribution in [1.82, 2.24) is 4.98 Å². The van der Waals surface area contributed by atoms with E-state index in [-0.39, 0.29) is 0 Å². The monoisotopic (exact) mass is 400 g/mol. The van der Waals surface area contributed by atoms with Crippen LogP contribution in [0.4, 0.5) is 0 Å². The zero-order valence-corrected chi connectivity index (χ0v) is 16.2. The molecule has 6 heteroatoms. The Morgan fingerprint density at radius 2 is 1.96 bits per heavy atom. The van der Waals surface area contributed by atoms with Crippen molar-refractivity contribution in [3.63, 3.8) is 0 Å². The Morgan fingerprint density at radius 1 is 1.19 bits per heavy atom. The molecule has 26 heavy (non-hydrogen) atoms. The summed E-state index contributed by atoms with van der Waals surface area (Å²) in [7, 11) is 0. The number of aromatic nitrogens is 1. The lowest BCUT2D eigenvalue weighted by molar-refractivity contribution is 0.340. The first-order valence-corrected chi connectivity index (χ1v) is 9.50. The van der Waals surface area contributed by atoms with Gasteiger partial charge in [0.15, 0.2) is 0 Å². The molecule has 0 fully saturated rings. The van der Waals surface area contributed by atoms with Crippen molar-refractivity contribution in [2.45, 2.75) is 6.92 Å². The molecule has 1 aromatic heterocycles. The zero-order valence-electron chi connectivity index (χ0n) is 13.9. The molecule has 3 aromatic rings. The van der Waals surface area contributed by atoms with Crippen molar-refractivity contribution in [1.29, 1.82) is 5.26 Å². The minimum absolute atomic E-state index is 0.476. The number of nitriles is 1. The molecule has 0 aliphatic heterocycles. The normalized spacial score (nSPS) is 11.2. The van der Waals surface area contributed by atoms with Gasteiger partial charge in [-0.05, 0) is 42.8 Å². The first-order valence-electron chi connectivity index (χ1n) is 7.86. The van der Waals surface area contributed by atoms with Gasteiger partial charge in [-0.15, -0.1) is 11.3 Å². The van der Waals surface area contributed by atoms with E-state index in [0.29, 0.717) is 27.2 Å². The van der Waals surface area contributed by atoms with Gasteiger partial charge in [-0.2, -0.15) is 5.26 Å². The van der Waals surface area contributed by atoms with Crippen molar-refractivity contribution in [3.8, 4) is 23.1 Å². The van der Waals surface area contributed by atoms with Crippen LogP contribution in [0, 0.1) is 11.3 Å². The van der Waals surface area contributed by atoms with Gasteiger partial charge in [0, 0.05) is 10.9 Å². The van der Waals surface area contributed by atoms with E-state index in [1.165, 1.54) is 11.3 Å². The van der Waals surface area contributed by atoms with E-state index in [2.05, 4.69) is 11.1 Å². The summed E-state index contributed by atoms with van der Waals surface area (Å²) in [5.74, 6) is 0.805. The van der Waals surface area contributed by atoms with Gasteiger partial charge in [-0.3, -0.25) is 0 Å². The molecule has 0 amide bonds. The summed E-state index contributed by atoms with van der Waals surface area (Å²) < 4.78 is 5.43. The van der Waals surface area contributed by atoms with Crippen molar-refractivity contribution >= 4 is 46.2 Å². The van der Waals surface area contributed by atoms with Gasteiger partial charge in [-0.25, -0.2) is 4.98 Å². The highest BCUT2D eigenvalue weighted by molar-refractivity contribution is 7.11. The number of allylic oxidation sites excluding steroid dienone is 1. The number of benzene rings is 2. The van der Waals surface area contributed by atoms with Gasteiger partial charge in [-0.1, -0.05) is 41.4 Å². The van der Waals surface area contributed by atoms with E-state index in [4.69, 9.17) is 27.9 Å². The summed E-state index contributed by atoms with van der Waals surface area (Å²) in [5, 5.41) is 13.1. The van der Waals surface area contributed by atoms with Gasteiger partial charge >= 0.3 is 0 Å². The van der Waals surface area contributed by atoms with E-state index < -0.39 is 0 Å². The van der Waals surface area contributed by atoms with Crippen LogP contribution >= 0.6 is 34.5 Å². The fourth-order valence-electron chi connectivity index (χ4n) is 2.32. The number of hydrogen-bond donors (Lipinski definition) is 0. The average molecular weight is 401 g/mol. The Bertz CT molecular complexity index is 988. The van der Waals surface area contributed by atoms with E-state index in [0.717, 1.165) is 22.6 Å². The fraction of sp³-hybridized carbons (Fsp3) is 0.100. The largest absolute Gasteiger partial charge is 0.494 e. The molecule has 0 aliphatic rings. The molecular weight excluding hydrogens is 387 g/mol. The second kappa shape index (κ2) is 8.37. The molecule has 0 radical (unpaired) electrons. The third-order valence-corrected chi connectivity index (χ3v) is 5.19. The van der Waals surface area contributed by atoms with Crippen LogP contribution in [0.2, 0.25) is 10.0 Å². The summed E-state index contributed by atoms with van der Waals surface area (Å²) in [5.41, 5.74) is 3.04. The number of nitrogens with zero attached hydrogens (tertiary/aromatic N) is 2. The smallest absolute Gasteiger partial charge is 0.134 e. The van der Waals surface area contributed by atoms with E-state index >= 15 is 0 Å². The average Bonchev–Trinajstić information content (AvgIpc) is 3.13. The first-order chi connectivity index (χ1) is 12.6. The maximum absolute atomic E-state index is 9.53. The van der Waals surface area contributed by atoms with E-state index in [9.17, 15) is 5.26 Å². The van der Waals surface area contributed by atoms with Gasteiger partial charge in [0.1, 0.15) is 16.8 Å². The molecular formula is C20H14Cl2N2OS. The Morgan fingerprint density at radius 3 is 2.62 bits per heavy atom. The van der Waals surface area contributed by atoms with Gasteiger partial charge in [0.05, 0.1) is 27.9 Å². The second-order valence-electron chi connectivity index (χ2n) is 5.34. The minimum Gasteiger partial charge on any atom is -0.494 e. The van der Waals surface area contributed by atoms with Crippen molar-refractivity contribution < 1.29 is 4.74 Å². The third kappa shape index (κ3) is 4.25. The highest BCUT2D eigenvalue weighted by Crippen LogP contribution is 2.31. The number of rotatable bonds is 5. The van der Waals surface area contributed by atoms with Crippen LogP contribution < -0.4 is 4.74 Å². The summed E-state index contributed by atoms with van der Waals surface area (Å²) in [4.78, 5) is 4.57. The van der Waals surface area contributed by atoms with E-state index in [1.807, 2.05) is 48.7 Å². The zero-order chi connectivity index (χ0) is 18.5. The van der Waals surface area contributed by atoms with Crippen LogP contribution in [0.5, 0.6) is 5.75 Å². The number of thiazole rings is 1. The molecule has 0 bridgehead atoms.